The van der Waals surface area contributed by atoms with Gasteiger partial charge in [0.25, 0.3) is 0 Å². The van der Waals surface area contributed by atoms with Gasteiger partial charge in [0.05, 0.1) is 5.75 Å². The van der Waals surface area contributed by atoms with E-state index in [1.54, 1.807) is 0 Å². The largest absolute Gasteiger partial charge is 0.334 e. The summed E-state index contributed by atoms with van der Waals surface area (Å²) < 4.78 is 38.1. The van der Waals surface area contributed by atoms with Crippen molar-refractivity contribution in [3.63, 3.8) is 0 Å². The van der Waals surface area contributed by atoms with Gasteiger partial charge in [0.2, 0.25) is 10.0 Å². The third-order valence-corrected chi connectivity index (χ3v) is 5.49. The van der Waals surface area contributed by atoms with E-state index < -0.39 is 16.1 Å². The van der Waals surface area contributed by atoms with Crippen LogP contribution in [-0.4, -0.2) is 43.6 Å². The third-order valence-electron chi connectivity index (χ3n) is 3.44. The van der Waals surface area contributed by atoms with Gasteiger partial charge in [-0.3, -0.25) is 0 Å². The molecule has 2 amide bonds. The van der Waals surface area contributed by atoms with Gasteiger partial charge < -0.3 is 10.6 Å². The van der Waals surface area contributed by atoms with Crippen LogP contribution in [0.1, 0.15) is 19.8 Å². The number of urea groups is 1. The highest BCUT2D eigenvalue weighted by atomic mass is 32.2. The van der Waals surface area contributed by atoms with E-state index in [1.165, 1.54) is 28.6 Å². The summed E-state index contributed by atoms with van der Waals surface area (Å²) in [6.45, 7) is 2.53. The van der Waals surface area contributed by atoms with E-state index in [2.05, 4.69) is 10.6 Å². The third kappa shape index (κ3) is 4.41. The van der Waals surface area contributed by atoms with E-state index >= 15 is 0 Å². The number of carbonyl (C=O) groups is 1. The Kier molecular flexibility index (Phi) is 5.36. The van der Waals surface area contributed by atoms with E-state index in [1.807, 2.05) is 6.92 Å². The Morgan fingerprint density at radius 2 is 2.05 bits per heavy atom. The molecule has 0 bridgehead atoms. The Labute approximate surface area is 129 Å². The summed E-state index contributed by atoms with van der Waals surface area (Å²) in [6.07, 6.45) is 1.15. The molecule has 1 heterocycles. The van der Waals surface area contributed by atoms with Crippen molar-refractivity contribution in [3.05, 3.63) is 30.1 Å². The van der Waals surface area contributed by atoms with Crippen molar-refractivity contribution in [1.82, 2.24) is 9.62 Å². The monoisotopic (exact) mass is 329 g/mol. The number of hydrogen-bond acceptors (Lipinski definition) is 3. The summed E-state index contributed by atoms with van der Waals surface area (Å²) in [4.78, 5) is 11.9. The van der Waals surface area contributed by atoms with Gasteiger partial charge >= 0.3 is 6.03 Å². The van der Waals surface area contributed by atoms with Crippen LogP contribution < -0.4 is 10.6 Å². The van der Waals surface area contributed by atoms with Gasteiger partial charge in [-0.15, -0.1) is 0 Å². The molecule has 1 atom stereocenters. The standard InChI is InChI=1S/C14H20FN3O3S/c1-2-9-22(20,21)18-8-7-13(10-18)17-14(19)16-12-5-3-11(15)4-6-12/h3-6,13H,2,7-10H2,1H3,(H2,16,17,19). The van der Waals surface area contributed by atoms with Crippen LogP contribution in [0.4, 0.5) is 14.9 Å². The normalized spacial score (nSPS) is 19.1. The summed E-state index contributed by atoms with van der Waals surface area (Å²) in [6, 6.07) is 4.79. The molecule has 1 aromatic carbocycles. The van der Waals surface area contributed by atoms with Crippen LogP contribution in [-0.2, 0) is 10.0 Å². The Hall–Kier alpha value is -1.67. The summed E-state index contributed by atoms with van der Waals surface area (Å²) in [5.41, 5.74) is 0.479. The quantitative estimate of drug-likeness (QED) is 0.864. The average Bonchev–Trinajstić information content (AvgIpc) is 2.90. The highest BCUT2D eigenvalue weighted by Gasteiger charge is 2.31. The van der Waals surface area contributed by atoms with Crippen molar-refractivity contribution < 1.29 is 17.6 Å². The van der Waals surface area contributed by atoms with E-state index in [4.69, 9.17) is 0 Å². The Balaban J connectivity index is 1.85. The molecule has 2 rings (SSSR count). The topological polar surface area (TPSA) is 78.5 Å². The van der Waals surface area contributed by atoms with E-state index in [9.17, 15) is 17.6 Å². The highest BCUT2D eigenvalue weighted by molar-refractivity contribution is 7.89. The smallest absolute Gasteiger partial charge is 0.319 e. The zero-order chi connectivity index (χ0) is 16.2. The second kappa shape index (κ2) is 7.06. The predicted octanol–water partition coefficient (Wildman–Crippen LogP) is 1.76. The molecule has 0 aromatic heterocycles. The molecule has 1 fully saturated rings. The molecule has 1 aliphatic heterocycles. The fraction of sp³-hybridized carbons (Fsp3) is 0.500. The first-order valence-electron chi connectivity index (χ1n) is 7.21. The van der Waals surface area contributed by atoms with Crippen LogP contribution in [0.2, 0.25) is 0 Å². The van der Waals surface area contributed by atoms with Gasteiger partial charge in [-0.1, -0.05) is 6.92 Å². The minimum atomic E-state index is -3.22. The first-order chi connectivity index (χ1) is 10.4. The van der Waals surface area contributed by atoms with Gasteiger partial charge in [-0.05, 0) is 37.1 Å². The molecule has 1 saturated heterocycles. The Morgan fingerprint density at radius 3 is 2.68 bits per heavy atom. The summed E-state index contributed by atoms with van der Waals surface area (Å²) in [7, 11) is -3.22. The van der Waals surface area contributed by atoms with Crippen molar-refractivity contribution in [2.75, 3.05) is 24.2 Å². The maximum atomic E-state index is 12.8. The SMILES string of the molecule is CCCS(=O)(=O)N1CCC(NC(=O)Nc2ccc(F)cc2)C1. The minimum Gasteiger partial charge on any atom is -0.334 e. The molecule has 0 radical (unpaired) electrons. The van der Waals surface area contributed by atoms with Crippen molar-refractivity contribution >= 4 is 21.7 Å². The van der Waals surface area contributed by atoms with Gasteiger partial charge in [-0.2, -0.15) is 4.31 Å². The second-order valence-corrected chi connectivity index (χ2v) is 7.35. The maximum absolute atomic E-state index is 12.8. The van der Waals surface area contributed by atoms with Crippen LogP contribution in [0.25, 0.3) is 0 Å². The van der Waals surface area contributed by atoms with Gasteiger partial charge in [0, 0.05) is 24.8 Å². The maximum Gasteiger partial charge on any atom is 0.319 e. The van der Waals surface area contributed by atoms with Crippen LogP contribution in [0.5, 0.6) is 0 Å². The van der Waals surface area contributed by atoms with Gasteiger partial charge in [0.1, 0.15) is 5.82 Å². The predicted molar refractivity (Wildman–Crippen MR) is 82.6 cm³/mol. The zero-order valence-corrected chi connectivity index (χ0v) is 13.2. The molecular formula is C14H20FN3O3S. The lowest BCUT2D eigenvalue weighted by molar-refractivity contribution is 0.248. The molecule has 0 aliphatic carbocycles. The number of halogens is 1. The minimum absolute atomic E-state index is 0.126. The van der Waals surface area contributed by atoms with Crippen LogP contribution >= 0.6 is 0 Å². The molecule has 1 aliphatic rings. The van der Waals surface area contributed by atoms with Crippen molar-refractivity contribution in [3.8, 4) is 0 Å². The number of anilines is 1. The average molecular weight is 329 g/mol. The fourth-order valence-electron chi connectivity index (χ4n) is 2.37. The van der Waals surface area contributed by atoms with E-state index in [-0.39, 0.29) is 17.6 Å². The lowest BCUT2D eigenvalue weighted by Crippen LogP contribution is -2.41. The van der Waals surface area contributed by atoms with Gasteiger partial charge in [-0.25, -0.2) is 17.6 Å². The number of hydrogen-bond donors (Lipinski definition) is 2. The number of sulfonamides is 1. The number of nitrogens with one attached hydrogen (secondary N) is 2. The molecule has 0 spiro atoms. The van der Waals surface area contributed by atoms with E-state index in [0.29, 0.717) is 31.6 Å². The summed E-state index contributed by atoms with van der Waals surface area (Å²) in [5.74, 6) is -0.250. The number of amides is 2. The first-order valence-corrected chi connectivity index (χ1v) is 8.82. The van der Waals surface area contributed by atoms with Gasteiger partial charge in [0.15, 0.2) is 0 Å². The van der Waals surface area contributed by atoms with E-state index in [0.717, 1.165) is 0 Å². The molecule has 1 aromatic rings. The number of benzene rings is 1. The molecule has 6 nitrogen and oxygen atoms in total. The lowest BCUT2D eigenvalue weighted by atomic mass is 10.3. The van der Waals surface area contributed by atoms with Crippen molar-refractivity contribution in [2.45, 2.75) is 25.8 Å². The van der Waals surface area contributed by atoms with Crippen molar-refractivity contribution in [2.24, 2.45) is 0 Å². The fourth-order valence-corrected chi connectivity index (χ4v) is 3.94. The molecule has 122 valence electrons. The van der Waals surface area contributed by atoms with Crippen LogP contribution in [0.15, 0.2) is 24.3 Å². The highest BCUT2D eigenvalue weighted by Crippen LogP contribution is 2.15. The first kappa shape index (κ1) is 16.7. The summed E-state index contributed by atoms with van der Waals surface area (Å²) in [5, 5.41) is 5.33. The van der Waals surface area contributed by atoms with Crippen LogP contribution in [0, 0.1) is 5.82 Å². The second-order valence-electron chi connectivity index (χ2n) is 5.26. The Morgan fingerprint density at radius 1 is 1.36 bits per heavy atom. The molecule has 1 unspecified atom stereocenters. The molecule has 8 heteroatoms. The zero-order valence-electron chi connectivity index (χ0n) is 12.4. The number of carbonyl (C=O) groups excluding carboxylic acids is 1. The molecule has 2 N–H and O–H groups in total. The Bertz CT molecular complexity index is 619. The number of rotatable bonds is 5. The van der Waals surface area contributed by atoms with Crippen molar-refractivity contribution in [1.29, 1.82) is 0 Å². The molecule has 0 saturated carbocycles. The van der Waals surface area contributed by atoms with Crippen LogP contribution in [0.3, 0.4) is 0 Å². The lowest BCUT2D eigenvalue weighted by Gasteiger charge is -2.17. The summed E-state index contributed by atoms with van der Waals surface area (Å²) >= 11 is 0. The number of nitrogens with zero attached hydrogens (tertiary/aromatic N) is 1. The molecule has 22 heavy (non-hydrogen) atoms. The molecular weight excluding hydrogens is 309 g/mol.